The molecule has 0 spiro atoms. The summed E-state index contributed by atoms with van der Waals surface area (Å²) in [4.78, 5) is 11.0. The fourth-order valence-corrected chi connectivity index (χ4v) is 1.82. The molecule has 0 N–H and O–H groups in total. The minimum atomic E-state index is 0.0532. The van der Waals surface area contributed by atoms with E-state index in [1.54, 1.807) is 14.0 Å². The fraction of sp³-hybridized carbons (Fsp3) is 0.533. The van der Waals surface area contributed by atoms with Gasteiger partial charge in [0.2, 0.25) is 0 Å². The van der Waals surface area contributed by atoms with Crippen molar-refractivity contribution in [1.82, 2.24) is 0 Å². The highest BCUT2D eigenvalue weighted by Crippen LogP contribution is 2.32. The van der Waals surface area contributed by atoms with Gasteiger partial charge in [-0.2, -0.15) is 0 Å². The standard InChI is InChI=1S/C15H22O2/c1-11(16)6-7-12-8-9-14(17-5)13(10-12)15(2,3)4/h8-10H,6-7H2,1-5H3. The molecule has 0 heterocycles. The van der Waals surface area contributed by atoms with Gasteiger partial charge in [-0.05, 0) is 36.0 Å². The van der Waals surface area contributed by atoms with Crippen LogP contribution >= 0.6 is 0 Å². The third-order valence-corrected chi connectivity index (χ3v) is 2.84. The van der Waals surface area contributed by atoms with Crippen LogP contribution in [0.3, 0.4) is 0 Å². The predicted molar refractivity (Wildman–Crippen MR) is 70.7 cm³/mol. The number of methoxy groups -OCH3 is 1. The normalized spacial score (nSPS) is 11.4. The van der Waals surface area contributed by atoms with Crippen LogP contribution < -0.4 is 4.74 Å². The van der Waals surface area contributed by atoms with E-state index in [2.05, 4.69) is 26.8 Å². The second-order valence-corrected chi connectivity index (χ2v) is 5.49. The monoisotopic (exact) mass is 234 g/mol. The Morgan fingerprint density at radius 2 is 1.94 bits per heavy atom. The summed E-state index contributed by atoms with van der Waals surface area (Å²) in [5.74, 6) is 1.15. The SMILES string of the molecule is COc1ccc(CCC(C)=O)cc1C(C)(C)C. The topological polar surface area (TPSA) is 26.3 Å². The van der Waals surface area contributed by atoms with E-state index in [1.165, 1.54) is 11.1 Å². The van der Waals surface area contributed by atoms with E-state index in [4.69, 9.17) is 4.74 Å². The highest BCUT2D eigenvalue weighted by molar-refractivity contribution is 5.75. The van der Waals surface area contributed by atoms with Gasteiger partial charge in [0.05, 0.1) is 7.11 Å². The number of benzene rings is 1. The van der Waals surface area contributed by atoms with Crippen molar-refractivity contribution >= 4 is 5.78 Å². The second kappa shape index (κ2) is 5.35. The van der Waals surface area contributed by atoms with E-state index < -0.39 is 0 Å². The number of hydrogen-bond acceptors (Lipinski definition) is 2. The number of aryl methyl sites for hydroxylation is 1. The molecule has 0 saturated heterocycles. The Kier molecular flexibility index (Phi) is 4.33. The average Bonchev–Trinajstić information content (AvgIpc) is 2.24. The lowest BCUT2D eigenvalue weighted by molar-refractivity contribution is -0.116. The lowest BCUT2D eigenvalue weighted by atomic mass is 9.85. The molecule has 0 radical (unpaired) electrons. The molecule has 0 aliphatic heterocycles. The zero-order valence-corrected chi connectivity index (χ0v) is 11.5. The van der Waals surface area contributed by atoms with Crippen molar-refractivity contribution in [3.63, 3.8) is 0 Å². The molecule has 1 aromatic carbocycles. The zero-order chi connectivity index (χ0) is 13.1. The summed E-state index contributed by atoms with van der Waals surface area (Å²) < 4.78 is 5.39. The van der Waals surface area contributed by atoms with Gasteiger partial charge in [0.1, 0.15) is 11.5 Å². The molecule has 0 amide bonds. The third-order valence-electron chi connectivity index (χ3n) is 2.84. The molecule has 2 nitrogen and oxygen atoms in total. The van der Waals surface area contributed by atoms with Crippen LogP contribution in [0, 0.1) is 0 Å². The molecular formula is C15H22O2. The van der Waals surface area contributed by atoms with E-state index in [0.717, 1.165) is 12.2 Å². The van der Waals surface area contributed by atoms with Gasteiger partial charge in [-0.3, -0.25) is 0 Å². The van der Waals surface area contributed by atoms with Crippen LogP contribution in [-0.4, -0.2) is 12.9 Å². The molecule has 0 saturated carbocycles. The molecule has 94 valence electrons. The highest BCUT2D eigenvalue weighted by atomic mass is 16.5. The van der Waals surface area contributed by atoms with Crippen LogP contribution in [-0.2, 0) is 16.6 Å². The molecule has 0 unspecified atom stereocenters. The largest absolute Gasteiger partial charge is 0.496 e. The maximum absolute atomic E-state index is 11.0. The van der Waals surface area contributed by atoms with E-state index in [-0.39, 0.29) is 11.2 Å². The summed E-state index contributed by atoms with van der Waals surface area (Å²) in [5, 5.41) is 0. The van der Waals surface area contributed by atoms with E-state index >= 15 is 0 Å². The van der Waals surface area contributed by atoms with Crippen molar-refractivity contribution in [2.24, 2.45) is 0 Å². The molecule has 1 rings (SSSR count). The van der Waals surface area contributed by atoms with Gasteiger partial charge in [-0.15, -0.1) is 0 Å². The quantitative estimate of drug-likeness (QED) is 0.796. The molecule has 0 aromatic heterocycles. The smallest absolute Gasteiger partial charge is 0.130 e. The lowest BCUT2D eigenvalue weighted by Gasteiger charge is -2.22. The molecule has 0 aliphatic rings. The van der Waals surface area contributed by atoms with Crippen LogP contribution in [0.25, 0.3) is 0 Å². The van der Waals surface area contributed by atoms with Crippen LogP contribution in [0.5, 0.6) is 5.75 Å². The number of hydrogen-bond donors (Lipinski definition) is 0. The molecule has 17 heavy (non-hydrogen) atoms. The summed E-state index contributed by atoms with van der Waals surface area (Å²) in [6.45, 7) is 8.13. The zero-order valence-electron chi connectivity index (χ0n) is 11.5. The van der Waals surface area contributed by atoms with Gasteiger partial charge in [-0.25, -0.2) is 0 Å². The number of carbonyl (C=O) groups excluding carboxylic acids is 1. The van der Waals surface area contributed by atoms with Crippen LogP contribution in [0.15, 0.2) is 18.2 Å². The lowest BCUT2D eigenvalue weighted by Crippen LogP contribution is -2.13. The van der Waals surface area contributed by atoms with Crippen molar-refractivity contribution in [3.05, 3.63) is 29.3 Å². The van der Waals surface area contributed by atoms with Crippen molar-refractivity contribution in [2.75, 3.05) is 7.11 Å². The van der Waals surface area contributed by atoms with E-state index in [0.29, 0.717) is 6.42 Å². The third kappa shape index (κ3) is 3.88. The average molecular weight is 234 g/mol. The molecule has 1 aromatic rings. The Balaban J connectivity index is 3.01. The van der Waals surface area contributed by atoms with Crippen molar-refractivity contribution in [3.8, 4) is 5.75 Å². The van der Waals surface area contributed by atoms with Crippen LogP contribution in [0.4, 0.5) is 0 Å². The number of rotatable bonds is 4. The number of carbonyl (C=O) groups is 1. The maximum Gasteiger partial charge on any atom is 0.130 e. The Labute approximate surface area is 104 Å². The Morgan fingerprint density at radius 3 is 2.41 bits per heavy atom. The van der Waals surface area contributed by atoms with Gasteiger partial charge in [-0.1, -0.05) is 32.9 Å². The summed E-state index contributed by atoms with van der Waals surface area (Å²) >= 11 is 0. The van der Waals surface area contributed by atoms with Gasteiger partial charge in [0, 0.05) is 6.42 Å². The molecular weight excluding hydrogens is 212 g/mol. The Bertz CT molecular complexity index is 400. The molecule has 0 fully saturated rings. The Morgan fingerprint density at radius 1 is 1.29 bits per heavy atom. The molecule has 2 heteroatoms. The van der Waals surface area contributed by atoms with Gasteiger partial charge < -0.3 is 9.53 Å². The summed E-state index contributed by atoms with van der Waals surface area (Å²) in [6.07, 6.45) is 1.41. The highest BCUT2D eigenvalue weighted by Gasteiger charge is 2.19. The molecule has 0 atom stereocenters. The molecule has 0 aliphatic carbocycles. The fourth-order valence-electron chi connectivity index (χ4n) is 1.82. The number of ether oxygens (including phenoxy) is 1. The van der Waals surface area contributed by atoms with Gasteiger partial charge in [0.25, 0.3) is 0 Å². The summed E-state index contributed by atoms with van der Waals surface area (Å²) in [5.41, 5.74) is 2.45. The van der Waals surface area contributed by atoms with Crippen molar-refractivity contribution in [1.29, 1.82) is 0 Å². The van der Waals surface area contributed by atoms with Gasteiger partial charge in [0.15, 0.2) is 0 Å². The first-order chi connectivity index (χ1) is 7.84. The first-order valence-electron chi connectivity index (χ1n) is 6.01. The minimum absolute atomic E-state index is 0.0532. The van der Waals surface area contributed by atoms with Crippen LogP contribution in [0.1, 0.15) is 45.2 Å². The summed E-state index contributed by atoms with van der Waals surface area (Å²) in [6, 6.07) is 6.19. The second-order valence-electron chi connectivity index (χ2n) is 5.49. The first kappa shape index (κ1) is 13.8. The van der Waals surface area contributed by atoms with Crippen LogP contribution in [0.2, 0.25) is 0 Å². The predicted octanol–water partition coefficient (Wildman–Crippen LogP) is 3.51. The minimum Gasteiger partial charge on any atom is -0.496 e. The first-order valence-corrected chi connectivity index (χ1v) is 6.01. The van der Waals surface area contributed by atoms with E-state index in [1.807, 2.05) is 12.1 Å². The number of Topliss-reactive ketones (excluding diaryl/α,β-unsaturated/α-hetero) is 1. The summed E-state index contributed by atoms with van der Waals surface area (Å²) in [7, 11) is 1.69. The molecule has 0 bridgehead atoms. The van der Waals surface area contributed by atoms with E-state index in [9.17, 15) is 4.79 Å². The number of ketones is 1. The van der Waals surface area contributed by atoms with Crippen molar-refractivity contribution < 1.29 is 9.53 Å². The van der Waals surface area contributed by atoms with Crippen molar-refractivity contribution in [2.45, 2.75) is 46.0 Å². The Hall–Kier alpha value is -1.31. The van der Waals surface area contributed by atoms with Gasteiger partial charge >= 0.3 is 0 Å². The maximum atomic E-state index is 11.0.